The third-order valence-electron chi connectivity index (χ3n) is 2.71. The van der Waals surface area contributed by atoms with Crippen molar-refractivity contribution in [2.75, 3.05) is 5.32 Å². The van der Waals surface area contributed by atoms with Crippen molar-refractivity contribution in [1.29, 1.82) is 0 Å². The maximum absolute atomic E-state index is 11.0. The lowest BCUT2D eigenvalue weighted by atomic mass is 10.2. The molecule has 0 aliphatic heterocycles. The van der Waals surface area contributed by atoms with Gasteiger partial charge in [-0.2, -0.15) is 11.3 Å². The smallest absolute Gasteiger partial charge is 0.337 e. The molecule has 1 unspecified atom stereocenters. The molecule has 8 heteroatoms. The van der Waals surface area contributed by atoms with Crippen LogP contribution in [0.5, 0.6) is 0 Å². The van der Waals surface area contributed by atoms with Crippen LogP contribution < -0.4 is 5.32 Å². The number of hydrogen-bond acceptors (Lipinski definition) is 6. The molecule has 0 amide bonds. The van der Waals surface area contributed by atoms with Gasteiger partial charge in [0, 0.05) is 12.3 Å². The fourth-order valence-corrected chi connectivity index (χ4v) is 2.38. The molecule has 0 aliphatic rings. The molecule has 20 heavy (non-hydrogen) atoms. The van der Waals surface area contributed by atoms with Crippen molar-refractivity contribution in [2.45, 2.75) is 13.0 Å². The van der Waals surface area contributed by atoms with Crippen LogP contribution in [0.1, 0.15) is 28.9 Å². The summed E-state index contributed by atoms with van der Waals surface area (Å²) < 4.78 is 0. The van der Waals surface area contributed by atoms with Crippen molar-refractivity contribution in [3.8, 4) is 0 Å². The molecule has 0 radical (unpaired) electrons. The van der Waals surface area contributed by atoms with Crippen LogP contribution in [0.4, 0.5) is 11.5 Å². The Balaban J connectivity index is 2.31. The molecule has 104 valence electrons. The summed E-state index contributed by atoms with van der Waals surface area (Å²) in [5.74, 6) is -1.20. The number of aromatic carboxylic acids is 1. The van der Waals surface area contributed by atoms with Gasteiger partial charge in [0.1, 0.15) is 0 Å². The van der Waals surface area contributed by atoms with E-state index >= 15 is 0 Å². The summed E-state index contributed by atoms with van der Waals surface area (Å²) in [4.78, 5) is 25.0. The van der Waals surface area contributed by atoms with E-state index in [4.69, 9.17) is 5.11 Å². The lowest BCUT2D eigenvalue weighted by Gasteiger charge is -2.13. The summed E-state index contributed by atoms with van der Waals surface area (Å²) in [6.45, 7) is 1.85. The first-order valence-corrected chi connectivity index (χ1v) is 6.59. The predicted molar refractivity (Wildman–Crippen MR) is 74.2 cm³/mol. The first-order valence-electron chi connectivity index (χ1n) is 5.65. The maximum Gasteiger partial charge on any atom is 0.337 e. The summed E-state index contributed by atoms with van der Waals surface area (Å²) in [6, 6.07) is 2.74. The predicted octanol–water partition coefficient (Wildman–Crippen LogP) is 2.92. The minimum atomic E-state index is -1.25. The SMILES string of the molecule is CC(Nc1ncc(C(=O)O)cc1[N+](=O)[O-])c1ccsc1. The maximum atomic E-state index is 11.0. The molecule has 2 aromatic rings. The molecule has 0 aliphatic carbocycles. The van der Waals surface area contributed by atoms with E-state index in [2.05, 4.69) is 10.3 Å². The highest BCUT2D eigenvalue weighted by Gasteiger charge is 2.20. The minimum absolute atomic E-state index is 0.0544. The molecule has 2 aromatic heterocycles. The monoisotopic (exact) mass is 293 g/mol. The number of pyridine rings is 1. The number of rotatable bonds is 5. The Morgan fingerprint density at radius 2 is 2.35 bits per heavy atom. The molecule has 2 rings (SSSR count). The molecule has 2 heterocycles. The average molecular weight is 293 g/mol. The second-order valence-corrected chi connectivity index (χ2v) is 4.86. The number of hydrogen-bond donors (Lipinski definition) is 2. The highest BCUT2D eigenvalue weighted by molar-refractivity contribution is 7.07. The number of carboxylic acid groups (broad SMARTS) is 1. The van der Waals surface area contributed by atoms with E-state index in [0.29, 0.717) is 0 Å². The lowest BCUT2D eigenvalue weighted by Crippen LogP contribution is -2.10. The van der Waals surface area contributed by atoms with Gasteiger partial charge in [0.2, 0.25) is 5.82 Å². The minimum Gasteiger partial charge on any atom is -0.478 e. The van der Waals surface area contributed by atoms with Gasteiger partial charge in [-0.3, -0.25) is 10.1 Å². The third kappa shape index (κ3) is 2.91. The number of anilines is 1. The topological polar surface area (TPSA) is 105 Å². The quantitative estimate of drug-likeness (QED) is 0.648. The van der Waals surface area contributed by atoms with Gasteiger partial charge in [0.05, 0.1) is 16.5 Å². The number of nitro groups is 1. The summed E-state index contributed by atoms with van der Waals surface area (Å²) in [5, 5.41) is 26.6. The van der Waals surface area contributed by atoms with Crippen molar-refractivity contribution < 1.29 is 14.8 Å². The number of nitrogens with zero attached hydrogens (tertiary/aromatic N) is 2. The highest BCUT2D eigenvalue weighted by Crippen LogP contribution is 2.27. The third-order valence-corrected chi connectivity index (χ3v) is 3.41. The molecule has 0 saturated heterocycles. The second kappa shape index (κ2) is 5.66. The zero-order valence-corrected chi connectivity index (χ0v) is 11.3. The fourth-order valence-electron chi connectivity index (χ4n) is 1.63. The van der Waals surface area contributed by atoms with Crippen molar-refractivity contribution in [1.82, 2.24) is 4.98 Å². The van der Waals surface area contributed by atoms with Crippen LogP contribution in [0.25, 0.3) is 0 Å². The molecule has 0 fully saturated rings. The van der Waals surface area contributed by atoms with E-state index < -0.39 is 10.9 Å². The largest absolute Gasteiger partial charge is 0.478 e. The zero-order valence-electron chi connectivity index (χ0n) is 10.4. The van der Waals surface area contributed by atoms with E-state index in [1.807, 2.05) is 23.8 Å². The molecule has 0 saturated carbocycles. The van der Waals surface area contributed by atoms with Gasteiger partial charge in [0.25, 0.3) is 0 Å². The molecule has 2 N–H and O–H groups in total. The van der Waals surface area contributed by atoms with E-state index in [9.17, 15) is 14.9 Å². The van der Waals surface area contributed by atoms with Gasteiger partial charge in [-0.15, -0.1) is 0 Å². The number of carbonyl (C=O) groups is 1. The lowest BCUT2D eigenvalue weighted by molar-refractivity contribution is -0.384. The molecule has 0 aromatic carbocycles. The molecule has 0 spiro atoms. The van der Waals surface area contributed by atoms with Gasteiger partial charge in [-0.1, -0.05) is 0 Å². The molecular formula is C12H11N3O4S. The Labute approximate surface area is 118 Å². The Morgan fingerprint density at radius 3 is 2.90 bits per heavy atom. The van der Waals surface area contributed by atoms with Crippen molar-refractivity contribution in [3.05, 3.63) is 50.3 Å². The van der Waals surface area contributed by atoms with E-state index in [1.54, 1.807) is 0 Å². The molecule has 1 atom stereocenters. The van der Waals surface area contributed by atoms with Crippen LogP contribution >= 0.6 is 11.3 Å². The highest BCUT2D eigenvalue weighted by atomic mass is 32.1. The summed E-state index contributed by atoms with van der Waals surface area (Å²) in [6.07, 6.45) is 1.10. The number of thiophene rings is 1. The van der Waals surface area contributed by atoms with Gasteiger partial charge in [0.15, 0.2) is 0 Å². The fraction of sp³-hybridized carbons (Fsp3) is 0.167. The molecule has 0 bridgehead atoms. The van der Waals surface area contributed by atoms with Crippen LogP contribution in [0.15, 0.2) is 29.1 Å². The van der Waals surface area contributed by atoms with Gasteiger partial charge >= 0.3 is 11.7 Å². The number of carboxylic acids is 1. The summed E-state index contributed by atoms with van der Waals surface area (Å²) >= 11 is 1.52. The van der Waals surface area contributed by atoms with Crippen molar-refractivity contribution in [3.63, 3.8) is 0 Å². The van der Waals surface area contributed by atoms with E-state index in [0.717, 1.165) is 17.8 Å². The standard InChI is InChI=1S/C12H11N3O4S/c1-7(8-2-3-20-6-8)14-11-10(15(18)19)4-9(5-13-11)12(16)17/h2-7H,1H3,(H,13,14)(H,16,17). The van der Waals surface area contributed by atoms with Crippen LogP contribution in [-0.4, -0.2) is 21.0 Å². The number of aromatic nitrogens is 1. The molecular weight excluding hydrogens is 282 g/mol. The van der Waals surface area contributed by atoms with E-state index in [1.165, 1.54) is 11.3 Å². The Hall–Kier alpha value is -2.48. The summed E-state index contributed by atoms with van der Waals surface area (Å²) in [5.41, 5.74) is 0.408. The number of nitrogens with one attached hydrogen (secondary N) is 1. The molecule has 7 nitrogen and oxygen atoms in total. The zero-order chi connectivity index (χ0) is 14.7. The van der Waals surface area contributed by atoms with Crippen LogP contribution in [-0.2, 0) is 0 Å². The van der Waals surface area contributed by atoms with Gasteiger partial charge in [-0.05, 0) is 29.3 Å². The van der Waals surface area contributed by atoms with Gasteiger partial charge < -0.3 is 10.4 Å². The second-order valence-electron chi connectivity index (χ2n) is 4.08. The summed E-state index contributed by atoms with van der Waals surface area (Å²) in [7, 11) is 0. The first kappa shape index (κ1) is 13.9. The van der Waals surface area contributed by atoms with E-state index in [-0.39, 0.29) is 23.1 Å². The van der Waals surface area contributed by atoms with Crippen LogP contribution in [0.2, 0.25) is 0 Å². The average Bonchev–Trinajstić information content (AvgIpc) is 2.92. The van der Waals surface area contributed by atoms with Gasteiger partial charge in [-0.25, -0.2) is 9.78 Å². The van der Waals surface area contributed by atoms with Crippen LogP contribution in [0, 0.1) is 10.1 Å². The van der Waals surface area contributed by atoms with Crippen molar-refractivity contribution >= 4 is 28.8 Å². The van der Waals surface area contributed by atoms with Crippen molar-refractivity contribution in [2.24, 2.45) is 0 Å². The Bertz CT molecular complexity index is 642. The Kier molecular flexibility index (Phi) is 3.94. The normalized spacial score (nSPS) is 11.8. The first-order chi connectivity index (χ1) is 9.49. The van der Waals surface area contributed by atoms with Crippen LogP contribution in [0.3, 0.4) is 0 Å². The Morgan fingerprint density at radius 1 is 1.60 bits per heavy atom.